The lowest BCUT2D eigenvalue weighted by molar-refractivity contribution is -0.143. The topological polar surface area (TPSA) is 159 Å². The molecule has 6 N–H and O–H groups in total. The fourth-order valence-corrected chi connectivity index (χ4v) is 2.43. The number of benzene rings is 1. The Hall–Kier alpha value is -2.94. The molecule has 0 spiro atoms. The predicted octanol–water partition coefficient (Wildman–Crippen LogP) is 0.131. The lowest BCUT2D eigenvalue weighted by Gasteiger charge is -2.23. The van der Waals surface area contributed by atoms with Crippen molar-refractivity contribution in [2.45, 2.75) is 51.2 Å². The monoisotopic (exact) mass is 393 g/mol. The highest BCUT2D eigenvalue weighted by Gasteiger charge is 2.29. The molecule has 2 amide bonds. The van der Waals surface area contributed by atoms with E-state index in [-0.39, 0.29) is 25.2 Å². The summed E-state index contributed by atoms with van der Waals surface area (Å²) in [5.74, 6) is -3.93. The van der Waals surface area contributed by atoms with E-state index in [9.17, 15) is 24.3 Å². The molecular formula is C19H27N3O6. The van der Waals surface area contributed by atoms with Crippen molar-refractivity contribution in [2.24, 2.45) is 11.7 Å². The highest BCUT2D eigenvalue weighted by molar-refractivity contribution is 5.92. The molecule has 0 radical (unpaired) electrons. The number of carboxylic acid groups (broad SMARTS) is 2. The van der Waals surface area contributed by atoms with E-state index < -0.39 is 41.9 Å². The van der Waals surface area contributed by atoms with Gasteiger partial charge < -0.3 is 26.6 Å². The molecular weight excluding hydrogens is 366 g/mol. The number of nitrogens with one attached hydrogen (secondary N) is 2. The Labute approximate surface area is 163 Å². The van der Waals surface area contributed by atoms with Crippen LogP contribution in [0.4, 0.5) is 0 Å². The van der Waals surface area contributed by atoms with E-state index in [1.54, 1.807) is 44.2 Å². The minimum atomic E-state index is -1.24. The van der Waals surface area contributed by atoms with Gasteiger partial charge in [0.2, 0.25) is 11.8 Å². The van der Waals surface area contributed by atoms with E-state index in [0.717, 1.165) is 0 Å². The Morgan fingerprint density at radius 1 is 0.964 bits per heavy atom. The second-order valence-electron chi connectivity index (χ2n) is 6.85. The minimum Gasteiger partial charge on any atom is -0.481 e. The summed E-state index contributed by atoms with van der Waals surface area (Å²) in [6, 6.07) is 5.44. The van der Waals surface area contributed by atoms with Crippen molar-refractivity contribution in [1.82, 2.24) is 10.6 Å². The second kappa shape index (κ2) is 11.0. The molecule has 9 heteroatoms. The van der Waals surface area contributed by atoms with Gasteiger partial charge in [0.15, 0.2) is 0 Å². The molecule has 154 valence electrons. The molecule has 1 rings (SSSR count). The molecule has 0 unspecified atom stereocenters. The van der Waals surface area contributed by atoms with Crippen molar-refractivity contribution < 1.29 is 29.4 Å². The van der Waals surface area contributed by atoms with Gasteiger partial charge in [0.05, 0.1) is 6.04 Å². The smallest absolute Gasteiger partial charge is 0.326 e. The highest BCUT2D eigenvalue weighted by Crippen LogP contribution is 2.06. The van der Waals surface area contributed by atoms with E-state index in [1.807, 2.05) is 0 Å². The first-order valence-corrected chi connectivity index (χ1v) is 8.96. The number of rotatable bonds is 11. The molecule has 9 nitrogen and oxygen atoms in total. The number of nitrogens with two attached hydrogens (primary N) is 1. The van der Waals surface area contributed by atoms with Crippen LogP contribution >= 0.6 is 0 Å². The van der Waals surface area contributed by atoms with Crippen molar-refractivity contribution in [3.05, 3.63) is 35.9 Å². The van der Waals surface area contributed by atoms with Crippen molar-refractivity contribution in [1.29, 1.82) is 0 Å². The van der Waals surface area contributed by atoms with Crippen LogP contribution < -0.4 is 16.4 Å². The summed E-state index contributed by atoms with van der Waals surface area (Å²) in [6.07, 6.45) is -0.506. The Morgan fingerprint density at radius 3 is 2.04 bits per heavy atom. The molecule has 0 aliphatic carbocycles. The highest BCUT2D eigenvalue weighted by atomic mass is 16.4. The van der Waals surface area contributed by atoms with E-state index in [2.05, 4.69) is 10.6 Å². The number of aliphatic carboxylic acids is 2. The van der Waals surface area contributed by atoms with Gasteiger partial charge in [-0.05, 0) is 17.9 Å². The van der Waals surface area contributed by atoms with E-state index in [0.29, 0.717) is 5.56 Å². The van der Waals surface area contributed by atoms with Crippen LogP contribution in [0, 0.1) is 5.92 Å². The van der Waals surface area contributed by atoms with Crippen LogP contribution in [0.2, 0.25) is 0 Å². The molecule has 1 aromatic rings. The number of carbonyl (C=O) groups excluding carboxylic acids is 2. The van der Waals surface area contributed by atoms with E-state index in [4.69, 9.17) is 10.8 Å². The summed E-state index contributed by atoms with van der Waals surface area (Å²) in [5.41, 5.74) is 6.47. The third kappa shape index (κ3) is 7.75. The van der Waals surface area contributed by atoms with E-state index >= 15 is 0 Å². The Bertz CT molecular complexity index is 692. The average Bonchev–Trinajstić information content (AvgIpc) is 2.63. The first kappa shape index (κ1) is 23.1. The zero-order chi connectivity index (χ0) is 21.3. The minimum absolute atomic E-state index is 0.0486. The summed E-state index contributed by atoms with van der Waals surface area (Å²) in [4.78, 5) is 47.1. The van der Waals surface area contributed by atoms with Gasteiger partial charge in [0, 0.05) is 12.8 Å². The zero-order valence-corrected chi connectivity index (χ0v) is 15.9. The van der Waals surface area contributed by atoms with Crippen LogP contribution in [0.3, 0.4) is 0 Å². The first-order chi connectivity index (χ1) is 13.1. The lowest BCUT2D eigenvalue weighted by Crippen LogP contribution is -2.55. The predicted molar refractivity (Wildman–Crippen MR) is 101 cm³/mol. The van der Waals surface area contributed by atoms with Crippen molar-refractivity contribution in [3.63, 3.8) is 0 Å². The lowest BCUT2D eigenvalue weighted by atomic mass is 10.0. The molecule has 0 bridgehead atoms. The van der Waals surface area contributed by atoms with Gasteiger partial charge in [-0.25, -0.2) is 4.79 Å². The third-order valence-corrected chi connectivity index (χ3v) is 4.20. The molecule has 0 heterocycles. The summed E-state index contributed by atoms with van der Waals surface area (Å²) in [6.45, 7) is 3.47. The SMILES string of the molecule is CC(C)[C@H](N)C(=O)N[C@@H](CCC(=O)O)C(=O)N[C@@H](Cc1ccccc1)C(=O)O. The molecule has 0 aliphatic heterocycles. The van der Waals surface area contributed by atoms with Crippen LogP contribution in [0.1, 0.15) is 32.3 Å². The summed E-state index contributed by atoms with van der Waals surface area (Å²) < 4.78 is 0. The van der Waals surface area contributed by atoms with Crippen LogP contribution in [0.15, 0.2) is 30.3 Å². The van der Waals surface area contributed by atoms with Crippen LogP contribution in [0.5, 0.6) is 0 Å². The maximum atomic E-state index is 12.6. The molecule has 3 atom stereocenters. The standard InChI is InChI=1S/C19H27N3O6/c1-11(2)16(20)18(26)21-13(8-9-15(23)24)17(25)22-14(19(27)28)10-12-6-4-3-5-7-12/h3-7,11,13-14,16H,8-10,20H2,1-2H3,(H,21,26)(H,22,25)(H,23,24)(H,27,28)/t13-,14-,16-/m0/s1. The Kier molecular flexibility index (Phi) is 9.10. The number of carboxylic acids is 2. The largest absolute Gasteiger partial charge is 0.481 e. The fraction of sp³-hybridized carbons (Fsp3) is 0.474. The Morgan fingerprint density at radius 2 is 1.54 bits per heavy atom. The second-order valence-corrected chi connectivity index (χ2v) is 6.85. The summed E-state index contributed by atoms with van der Waals surface area (Å²) in [5, 5.41) is 23.1. The Balaban J connectivity index is 2.88. The van der Waals surface area contributed by atoms with E-state index in [1.165, 1.54) is 0 Å². The molecule has 0 saturated carbocycles. The number of carbonyl (C=O) groups is 4. The van der Waals surface area contributed by atoms with Gasteiger partial charge in [0.1, 0.15) is 12.1 Å². The van der Waals surface area contributed by atoms with Gasteiger partial charge in [-0.15, -0.1) is 0 Å². The maximum Gasteiger partial charge on any atom is 0.326 e. The van der Waals surface area contributed by atoms with Crippen LogP contribution in [0.25, 0.3) is 0 Å². The molecule has 0 saturated heterocycles. The van der Waals surface area contributed by atoms with Gasteiger partial charge in [-0.3, -0.25) is 14.4 Å². The first-order valence-electron chi connectivity index (χ1n) is 8.96. The third-order valence-electron chi connectivity index (χ3n) is 4.20. The number of hydrogen-bond acceptors (Lipinski definition) is 5. The molecule has 0 aliphatic rings. The van der Waals surface area contributed by atoms with Gasteiger partial charge in [0.25, 0.3) is 0 Å². The normalized spacial score (nSPS) is 14.0. The van der Waals surface area contributed by atoms with Crippen LogP contribution in [-0.4, -0.2) is 52.1 Å². The fourth-order valence-electron chi connectivity index (χ4n) is 2.43. The average molecular weight is 393 g/mol. The quantitative estimate of drug-likeness (QED) is 0.357. The number of hydrogen-bond donors (Lipinski definition) is 5. The zero-order valence-electron chi connectivity index (χ0n) is 15.9. The molecule has 28 heavy (non-hydrogen) atoms. The summed E-state index contributed by atoms with van der Waals surface area (Å²) >= 11 is 0. The maximum absolute atomic E-state index is 12.6. The van der Waals surface area contributed by atoms with Crippen molar-refractivity contribution >= 4 is 23.8 Å². The van der Waals surface area contributed by atoms with Gasteiger partial charge >= 0.3 is 11.9 Å². The molecule has 0 fully saturated rings. The van der Waals surface area contributed by atoms with Gasteiger partial charge in [-0.2, -0.15) is 0 Å². The number of amides is 2. The van der Waals surface area contributed by atoms with Crippen molar-refractivity contribution in [2.75, 3.05) is 0 Å². The van der Waals surface area contributed by atoms with Crippen LogP contribution in [-0.2, 0) is 25.6 Å². The summed E-state index contributed by atoms with van der Waals surface area (Å²) in [7, 11) is 0. The molecule has 1 aromatic carbocycles. The van der Waals surface area contributed by atoms with Gasteiger partial charge in [-0.1, -0.05) is 44.2 Å². The molecule has 0 aromatic heterocycles. The van der Waals surface area contributed by atoms with Crippen molar-refractivity contribution in [3.8, 4) is 0 Å².